The van der Waals surface area contributed by atoms with E-state index >= 15 is 0 Å². The van der Waals surface area contributed by atoms with Gasteiger partial charge in [-0.25, -0.2) is 0 Å². The Morgan fingerprint density at radius 1 is 1.33 bits per heavy atom. The molecule has 0 bridgehead atoms. The molecule has 1 heterocycles. The zero-order valence-corrected chi connectivity index (χ0v) is 10.6. The highest BCUT2D eigenvalue weighted by atomic mass is 16.5. The van der Waals surface area contributed by atoms with Gasteiger partial charge in [-0.3, -0.25) is 0 Å². The first-order chi connectivity index (χ1) is 7.01. The molecular weight excluding hydrogens is 190 g/mol. The van der Waals surface area contributed by atoms with E-state index in [9.17, 15) is 0 Å². The third kappa shape index (κ3) is 5.50. The lowest BCUT2D eigenvalue weighted by molar-refractivity contribution is -0.0207. The lowest BCUT2D eigenvalue weighted by Crippen LogP contribution is -2.27. The summed E-state index contributed by atoms with van der Waals surface area (Å²) in [7, 11) is 1.76. The second-order valence-corrected chi connectivity index (χ2v) is 5.37. The van der Waals surface area contributed by atoms with E-state index in [0.717, 1.165) is 19.8 Å². The van der Waals surface area contributed by atoms with E-state index in [4.69, 9.17) is 9.47 Å². The molecule has 0 aliphatic carbocycles. The van der Waals surface area contributed by atoms with E-state index in [1.165, 1.54) is 19.5 Å². The predicted octanol–water partition coefficient (Wildman–Crippen LogP) is 1.77. The van der Waals surface area contributed by atoms with Crippen molar-refractivity contribution in [2.75, 3.05) is 40.0 Å². The summed E-state index contributed by atoms with van der Waals surface area (Å²) in [6, 6.07) is 0. The number of hydrogen-bond acceptors (Lipinski definition) is 3. The molecule has 0 spiro atoms. The summed E-state index contributed by atoms with van der Waals surface area (Å²) in [5.41, 5.74) is -0.0000500. The van der Waals surface area contributed by atoms with Crippen LogP contribution in [0, 0.1) is 5.92 Å². The Hall–Kier alpha value is -0.120. The van der Waals surface area contributed by atoms with Crippen LogP contribution in [0.1, 0.15) is 27.2 Å². The molecule has 1 aliphatic rings. The minimum absolute atomic E-state index is 0.0000500. The van der Waals surface area contributed by atoms with Gasteiger partial charge in [-0.2, -0.15) is 0 Å². The highest BCUT2D eigenvalue weighted by Crippen LogP contribution is 2.18. The van der Waals surface area contributed by atoms with Crippen molar-refractivity contribution in [3.05, 3.63) is 0 Å². The number of methoxy groups -OCH3 is 1. The summed E-state index contributed by atoms with van der Waals surface area (Å²) in [5, 5.41) is 0. The monoisotopic (exact) mass is 215 g/mol. The normalized spacial score (nSPS) is 23.6. The van der Waals surface area contributed by atoms with Gasteiger partial charge < -0.3 is 14.4 Å². The van der Waals surface area contributed by atoms with Crippen LogP contribution in [0.5, 0.6) is 0 Å². The van der Waals surface area contributed by atoms with Crippen molar-refractivity contribution in [1.29, 1.82) is 0 Å². The smallest absolute Gasteiger partial charge is 0.0598 e. The third-order valence-electron chi connectivity index (χ3n) is 2.73. The van der Waals surface area contributed by atoms with Crippen LogP contribution < -0.4 is 0 Å². The maximum Gasteiger partial charge on any atom is 0.0598 e. The molecule has 0 N–H and O–H groups in total. The molecule has 1 fully saturated rings. The van der Waals surface area contributed by atoms with Crippen molar-refractivity contribution < 1.29 is 9.47 Å². The van der Waals surface area contributed by atoms with Crippen LogP contribution in [0.4, 0.5) is 0 Å². The van der Waals surface area contributed by atoms with Crippen molar-refractivity contribution in [2.45, 2.75) is 32.8 Å². The van der Waals surface area contributed by atoms with Crippen molar-refractivity contribution in [1.82, 2.24) is 4.90 Å². The van der Waals surface area contributed by atoms with E-state index < -0.39 is 0 Å². The molecule has 0 radical (unpaired) electrons. The molecule has 15 heavy (non-hydrogen) atoms. The fourth-order valence-corrected chi connectivity index (χ4v) is 1.84. The average Bonchev–Trinajstić information content (AvgIpc) is 2.58. The highest BCUT2D eigenvalue weighted by Gasteiger charge is 2.23. The molecule has 0 aromatic rings. The minimum Gasteiger partial charge on any atom is -0.383 e. The van der Waals surface area contributed by atoms with Crippen LogP contribution >= 0.6 is 0 Å². The number of hydrogen-bond donors (Lipinski definition) is 0. The molecule has 1 atom stereocenters. The van der Waals surface area contributed by atoms with Gasteiger partial charge in [0.25, 0.3) is 0 Å². The Morgan fingerprint density at radius 2 is 2.07 bits per heavy atom. The maximum absolute atomic E-state index is 5.81. The Bertz CT molecular complexity index is 177. The molecule has 3 nitrogen and oxygen atoms in total. The van der Waals surface area contributed by atoms with Gasteiger partial charge in [0.1, 0.15) is 0 Å². The summed E-state index contributed by atoms with van der Waals surface area (Å²) in [4.78, 5) is 2.46. The minimum atomic E-state index is -0.0000500. The van der Waals surface area contributed by atoms with Gasteiger partial charge in [0, 0.05) is 20.2 Å². The van der Waals surface area contributed by atoms with Crippen LogP contribution in [-0.2, 0) is 9.47 Å². The van der Waals surface area contributed by atoms with Gasteiger partial charge in [0.05, 0.1) is 18.8 Å². The quantitative estimate of drug-likeness (QED) is 0.697. The van der Waals surface area contributed by atoms with E-state index in [2.05, 4.69) is 25.7 Å². The zero-order chi connectivity index (χ0) is 11.3. The Labute approximate surface area is 93.7 Å². The number of likely N-dealkylation sites (tertiary alicyclic amines) is 1. The average molecular weight is 215 g/mol. The Balaban J connectivity index is 2.13. The van der Waals surface area contributed by atoms with E-state index in [1.807, 2.05) is 0 Å². The standard InChI is InChI=1S/C12H25NO2/c1-12(2,3)15-10-11-5-6-13(9-11)7-8-14-4/h11H,5-10H2,1-4H3. The first-order valence-electron chi connectivity index (χ1n) is 5.86. The topological polar surface area (TPSA) is 21.7 Å². The zero-order valence-electron chi connectivity index (χ0n) is 10.6. The first-order valence-corrected chi connectivity index (χ1v) is 5.86. The maximum atomic E-state index is 5.81. The van der Waals surface area contributed by atoms with Gasteiger partial charge in [0.2, 0.25) is 0 Å². The fraction of sp³-hybridized carbons (Fsp3) is 1.00. The van der Waals surface area contributed by atoms with E-state index in [0.29, 0.717) is 5.92 Å². The predicted molar refractivity (Wildman–Crippen MR) is 62.1 cm³/mol. The lowest BCUT2D eigenvalue weighted by atomic mass is 10.1. The molecular formula is C12H25NO2. The Morgan fingerprint density at radius 3 is 2.67 bits per heavy atom. The summed E-state index contributed by atoms with van der Waals surface area (Å²) >= 11 is 0. The molecule has 0 aromatic heterocycles. The largest absolute Gasteiger partial charge is 0.383 e. The molecule has 0 saturated carbocycles. The summed E-state index contributed by atoms with van der Waals surface area (Å²) in [5.74, 6) is 0.709. The van der Waals surface area contributed by atoms with Gasteiger partial charge in [-0.1, -0.05) is 0 Å². The number of nitrogens with zero attached hydrogens (tertiary/aromatic N) is 1. The lowest BCUT2D eigenvalue weighted by Gasteiger charge is -2.22. The molecule has 90 valence electrons. The van der Waals surface area contributed by atoms with E-state index in [-0.39, 0.29) is 5.60 Å². The van der Waals surface area contributed by atoms with Crippen molar-refractivity contribution in [3.63, 3.8) is 0 Å². The number of rotatable bonds is 5. The molecule has 1 unspecified atom stereocenters. The van der Waals surface area contributed by atoms with Crippen LogP contribution in [0.2, 0.25) is 0 Å². The van der Waals surface area contributed by atoms with Crippen molar-refractivity contribution in [2.24, 2.45) is 5.92 Å². The second kappa shape index (κ2) is 5.83. The van der Waals surface area contributed by atoms with Gasteiger partial charge in [0.15, 0.2) is 0 Å². The summed E-state index contributed by atoms with van der Waals surface area (Å²) < 4.78 is 10.9. The first kappa shape index (κ1) is 12.9. The van der Waals surface area contributed by atoms with Crippen LogP contribution in [0.15, 0.2) is 0 Å². The second-order valence-electron chi connectivity index (χ2n) is 5.37. The van der Waals surface area contributed by atoms with Gasteiger partial charge >= 0.3 is 0 Å². The molecule has 1 aliphatic heterocycles. The molecule has 0 aromatic carbocycles. The van der Waals surface area contributed by atoms with Crippen molar-refractivity contribution >= 4 is 0 Å². The SMILES string of the molecule is COCCN1CCC(COC(C)(C)C)C1. The number of ether oxygens (including phenoxy) is 2. The molecule has 1 rings (SSSR count). The third-order valence-corrected chi connectivity index (χ3v) is 2.73. The molecule has 1 saturated heterocycles. The van der Waals surface area contributed by atoms with Crippen molar-refractivity contribution in [3.8, 4) is 0 Å². The summed E-state index contributed by atoms with van der Waals surface area (Å²) in [6.07, 6.45) is 1.26. The van der Waals surface area contributed by atoms with Crippen LogP contribution in [-0.4, -0.2) is 50.5 Å². The van der Waals surface area contributed by atoms with Crippen LogP contribution in [0.25, 0.3) is 0 Å². The van der Waals surface area contributed by atoms with E-state index in [1.54, 1.807) is 7.11 Å². The fourth-order valence-electron chi connectivity index (χ4n) is 1.84. The summed E-state index contributed by atoms with van der Waals surface area (Å²) in [6.45, 7) is 11.5. The highest BCUT2D eigenvalue weighted by molar-refractivity contribution is 4.76. The Kier molecular flexibility index (Phi) is 5.03. The molecule has 0 amide bonds. The van der Waals surface area contributed by atoms with Gasteiger partial charge in [-0.05, 0) is 39.7 Å². The van der Waals surface area contributed by atoms with Crippen LogP contribution in [0.3, 0.4) is 0 Å². The van der Waals surface area contributed by atoms with Gasteiger partial charge in [-0.15, -0.1) is 0 Å². The molecule has 3 heteroatoms.